The molecule has 0 aliphatic heterocycles. The summed E-state index contributed by atoms with van der Waals surface area (Å²) in [5, 5.41) is 0. The van der Waals surface area contributed by atoms with Gasteiger partial charge in [-0.1, -0.05) is 48.5 Å². The van der Waals surface area contributed by atoms with Gasteiger partial charge < -0.3 is 0 Å². The standard InChI is InChI=1S/2C20H28N4/c1-5-21-11-13-23(17(21)3)15-19-7-9-20(10-8-19)16-24-14-12-22(6-2)18(24)4;1-5-21-11-13-23(17(21)3)15-19-9-7-8-10-20(19)16-24-14-12-22(6-2)18(24)4/h2*7-14H,5-6,15-16H2,1-4H3/q2*+2. The Balaban J connectivity index is 0.000000188. The molecule has 0 bridgehead atoms. The maximum absolute atomic E-state index is 2.33. The molecule has 0 aliphatic carbocycles. The minimum atomic E-state index is 0.920. The van der Waals surface area contributed by atoms with E-state index in [2.05, 4.69) is 190 Å². The molecule has 0 saturated carbocycles. The van der Waals surface area contributed by atoms with Crippen LogP contribution in [0.1, 0.15) is 73.2 Å². The summed E-state index contributed by atoms with van der Waals surface area (Å²) in [5.41, 5.74) is 5.45. The van der Waals surface area contributed by atoms with Crippen LogP contribution in [-0.4, -0.2) is 18.3 Å². The quantitative estimate of drug-likeness (QED) is 0.163. The number of aromatic nitrogens is 8. The summed E-state index contributed by atoms with van der Waals surface area (Å²) >= 11 is 0. The molecule has 0 N–H and O–H groups in total. The summed E-state index contributed by atoms with van der Waals surface area (Å²) in [5.74, 6) is 5.20. The second-order valence-corrected chi connectivity index (χ2v) is 12.6. The molecule has 0 radical (unpaired) electrons. The Labute approximate surface area is 287 Å². The molecule has 252 valence electrons. The molecule has 8 heteroatoms. The zero-order valence-electron chi connectivity index (χ0n) is 30.5. The minimum Gasteiger partial charge on any atom is -0.235 e. The van der Waals surface area contributed by atoms with Gasteiger partial charge in [0.05, 0.1) is 26.2 Å². The van der Waals surface area contributed by atoms with Crippen molar-refractivity contribution in [1.29, 1.82) is 0 Å². The fourth-order valence-electron chi connectivity index (χ4n) is 6.55. The highest BCUT2D eigenvalue weighted by molar-refractivity contribution is 5.25. The fraction of sp³-hybridized carbons (Fsp3) is 0.400. The van der Waals surface area contributed by atoms with Crippen LogP contribution in [0.15, 0.2) is 98.1 Å². The molecular weight excluding hydrogens is 592 g/mol. The third kappa shape index (κ3) is 7.87. The van der Waals surface area contributed by atoms with Crippen LogP contribution in [0, 0.1) is 27.7 Å². The number of hydrogen-bond donors (Lipinski definition) is 0. The molecule has 6 aromatic rings. The van der Waals surface area contributed by atoms with E-state index in [1.165, 1.54) is 45.6 Å². The Morgan fingerprint density at radius 2 is 0.667 bits per heavy atom. The topological polar surface area (TPSA) is 35.2 Å². The molecule has 0 atom stereocenters. The first-order chi connectivity index (χ1) is 23.3. The molecule has 2 aromatic carbocycles. The van der Waals surface area contributed by atoms with Crippen LogP contribution in [0.4, 0.5) is 0 Å². The predicted molar refractivity (Wildman–Crippen MR) is 189 cm³/mol. The summed E-state index contributed by atoms with van der Waals surface area (Å²) in [4.78, 5) is 0. The molecule has 8 nitrogen and oxygen atoms in total. The van der Waals surface area contributed by atoms with Crippen LogP contribution < -0.4 is 18.3 Å². The summed E-state index contributed by atoms with van der Waals surface area (Å²) in [6.07, 6.45) is 17.3. The van der Waals surface area contributed by atoms with Crippen LogP contribution in [0.5, 0.6) is 0 Å². The maximum Gasteiger partial charge on any atom is 0.253 e. The van der Waals surface area contributed by atoms with E-state index in [0.717, 1.165) is 52.4 Å². The second kappa shape index (κ2) is 15.9. The van der Waals surface area contributed by atoms with Crippen molar-refractivity contribution >= 4 is 0 Å². The van der Waals surface area contributed by atoms with Gasteiger partial charge in [0, 0.05) is 38.8 Å². The van der Waals surface area contributed by atoms with Crippen molar-refractivity contribution in [2.45, 2.75) is 108 Å². The van der Waals surface area contributed by atoms with E-state index in [-0.39, 0.29) is 0 Å². The van der Waals surface area contributed by atoms with Gasteiger partial charge in [-0.2, -0.15) is 0 Å². The largest absolute Gasteiger partial charge is 0.253 e. The van der Waals surface area contributed by atoms with Gasteiger partial charge in [-0.15, -0.1) is 0 Å². The first-order valence-corrected chi connectivity index (χ1v) is 17.6. The van der Waals surface area contributed by atoms with Crippen molar-refractivity contribution in [3.05, 3.63) is 144 Å². The molecule has 0 aliphatic rings. The van der Waals surface area contributed by atoms with E-state index in [9.17, 15) is 0 Å². The summed E-state index contributed by atoms with van der Waals surface area (Å²) in [7, 11) is 0. The van der Waals surface area contributed by atoms with E-state index in [0.29, 0.717) is 0 Å². The average Bonchev–Trinajstić information content (AvgIpc) is 3.85. The van der Waals surface area contributed by atoms with E-state index >= 15 is 0 Å². The van der Waals surface area contributed by atoms with Crippen molar-refractivity contribution < 1.29 is 18.3 Å². The predicted octanol–water partition coefficient (Wildman–Crippen LogP) is 5.24. The van der Waals surface area contributed by atoms with E-state index in [4.69, 9.17) is 0 Å². The van der Waals surface area contributed by atoms with Crippen molar-refractivity contribution in [2.24, 2.45) is 0 Å². The average molecular weight is 649 g/mol. The van der Waals surface area contributed by atoms with E-state index in [1.807, 2.05) is 0 Å². The van der Waals surface area contributed by atoms with Gasteiger partial charge in [0.2, 0.25) is 0 Å². The number of aryl methyl sites for hydroxylation is 4. The number of rotatable bonds is 12. The van der Waals surface area contributed by atoms with E-state index in [1.54, 1.807) is 0 Å². The molecule has 4 aromatic heterocycles. The number of nitrogens with zero attached hydrogens (tertiary/aromatic N) is 8. The molecule has 0 amide bonds. The number of benzene rings is 2. The van der Waals surface area contributed by atoms with Gasteiger partial charge in [-0.25, -0.2) is 36.5 Å². The monoisotopic (exact) mass is 648 g/mol. The van der Waals surface area contributed by atoms with Crippen LogP contribution >= 0.6 is 0 Å². The van der Waals surface area contributed by atoms with Gasteiger partial charge in [-0.3, -0.25) is 0 Å². The lowest BCUT2D eigenvalue weighted by Crippen LogP contribution is -2.39. The highest BCUT2D eigenvalue weighted by Gasteiger charge is 2.17. The molecule has 0 saturated heterocycles. The Morgan fingerprint density at radius 3 is 0.917 bits per heavy atom. The number of imidazole rings is 4. The molecular formula is C40H56N8+4. The van der Waals surface area contributed by atoms with Gasteiger partial charge in [0.15, 0.2) is 0 Å². The van der Waals surface area contributed by atoms with Crippen molar-refractivity contribution in [2.75, 3.05) is 0 Å². The molecule has 6 rings (SSSR count). The Kier molecular flexibility index (Phi) is 11.5. The summed E-state index contributed by atoms with van der Waals surface area (Å²) in [6, 6.07) is 17.8. The Hall–Kier alpha value is -4.72. The van der Waals surface area contributed by atoms with Crippen molar-refractivity contribution in [3.63, 3.8) is 0 Å². The summed E-state index contributed by atoms with van der Waals surface area (Å²) in [6.45, 7) is 25.2. The van der Waals surface area contributed by atoms with Crippen molar-refractivity contribution in [1.82, 2.24) is 18.3 Å². The lowest BCUT2D eigenvalue weighted by molar-refractivity contribution is -0.699. The van der Waals surface area contributed by atoms with Gasteiger partial charge in [0.1, 0.15) is 75.8 Å². The third-order valence-electron chi connectivity index (χ3n) is 9.92. The van der Waals surface area contributed by atoms with Crippen LogP contribution in [-0.2, 0) is 52.4 Å². The normalized spacial score (nSPS) is 11.2. The molecule has 0 unspecified atom stereocenters. The van der Waals surface area contributed by atoms with Gasteiger partial charge >= 0.3 is 0 Å². The zero-order valence-corrected chi connectivity index (χ0v) is 30.5. The Bertz CT molecular complexity index is 1780. The second-order valence-electron chi connectivity index (χ2n) is 12.6. The SMILES string of the molecule is CCn1cc[n+](Cc2ccc(C[n+]3ccn(CC)c3C)cc2)c1C.CCn1cc[n+](Cc2ccccc2C[n+]2ccn(CC)c2C)c1C. The van der Waals surface area contributed by atoms with Crippen LogP contribution in [0.3, 0.4) is 0 Å². The maximum atomic E-state index is 2.33. The lowest BCUT2D eigenvalue weighted by Gasteiger charge is -2.08. The Morgan fingerprint density at radius 1 is 0.396 bits per heavy atom. The molecule has 0 spiro atoms. The highest BCUT2D eigenvalue weighted by atomic mass is 15.2. The smallest absolute Gasteiger partial charge is 0.235 e. The molecule has 48 heavy (non-hydrogen) atoms. The van der Waals surface area contributed by atoms with Gasteiger partial charge in [-0.05, 0) is 38.8 Å². The highest BCUT2D eigenvalue weighted by Crippen LogP contribution is 2.10. The van der Waals surface area contributed by atoms with Crippen LogP contribution in [0.25, 0.3) is 0 Å². The zero-order chi connectivity index (χ0) is 34.2. The van der Waals surface area contributed by atoms with Crippen LogP contribution in [0.2, 0.25) is 0 Å². The fourth-order valence-corrected chi connectivity index (χ4v) is 6.55. The minimum absolute atomic E-state index is 0.920. The lowest BCUT2D eigenvalue weighted by atomic mass is 10.1. The molecule has 4 heterocycles. The summed E-state index contributed by atoms with van der Waals surface area (Å²) < 4.78 is 18.4. The molecule has 0 fully saturated rings. The van der Waals surface area contributed by atoms with E-state index < -0.39 is 0 Å². The van der Waals surface area contributed by atoms with Gasteiger partial charge in [0.25, 0.3) is 23.3 Å². The first-order valence-electron chi connectivity index (χ1n) is 17.6. The first kappa shape index (κ1) is 34.6. The van der Waals surface area contributed by atoms with Crippen molar-refractivity contribution in [3.8, 4) is 0 Å². The third-order valence-corrected chi connectivity index (χ3v) is 9.92. The number of hydrogen-bond acceptors (Lipinski definition) is 0.